The van der Waals surface area contributed by atoms with Crippen LogP contribution in [0.5, 0.6) is 0 Å². The van der Waals surface area contributed by atoms with Crippen molar-refractivity contribution in [3.8, 4) is 0 Å². The van der Waals surface area contributed by atoms with Crippen LogP contribution in [0.2, 0.25) is 0 Å². The summed E-state index contributed by atoms with van der Waals surface area (Å²) in [6.07, 6.45) is 1.49. The van der Waals surface area contributed by atoms with Crippen molar-refractivity contribution in [1.82, 2.24) is 0 Å². The third kappa shape index (κ3) is 5.63. The van der Waals surface area contributed by atoms with E-state index in [4.69, 9.17) is 9.11 Å². The first-order valence-corrected chi connectivity index (χ1v) is 11.0. The molecule has 0 fully saturated rings. The first-order chi connectivity index (χ1) is 12.0. The number of rotatable bonds is 7. The summed E-state index contributed by atoms with van der Waals surface area (Å²) < 4.78 is 62.3. The number of hydrogen-bond acceptors (Lipinski definition) is 4. The van der Waals surface area contributed by atoms with Gasteiger partial charge >= 0.3 is 0 Å². The van der Waals surface area contributed by atoms with Gasteiger partial charge in [0.05, 0.1) is 9.79 Å². The topological polar surface area (TPSA) is 109 Å². The van der Waals surface area contributed by atoms with E-state index >= 15 is 0 Å². The molecule has 0 saturated carbocycles. The second kappa shape index (κ2) is 7.87. The quantitative estimate of drug-likeness (QED) is 0.693. The molecule has 2 aromatic rings. The average Bonchev–Trinajstić information content (AvgIpc) is 2.54. The monoisotopic (exact) mass is 398 g/mol. The highest BCUT2D eigenvalue weighted by Crippen LogP contribution is 2.23. The normalized spacial score (nSPS) is 14.8. The SMILES string of the molecule is CC(Cc1ccc(S(=O)(=O)O)cc1)C(C)Cc1ccc(S(=O)(=O)O)cc1. The van der Waals surface area contributed by atoms with Gasteiger partial charge in [0, 0.05) is 0 Å². The maximum Gasteiger partial charge on any atom is 0.294 e. The lowest BCUT2D eigenvalue weighted by atomic mass is 9.85. The van der Waals surface area contributed by atoms with Crippen molar-refractivity contribution in [1.29, 1.82) is 0 Å². The lowest BCUT2D eigenvalue weighted by Gasteiger charge is -2.20. The lowest BCUT2D eigenvalue weighted by Crippen LogP contribution is -2.14. The van der Waals surface area contributed by atoms with E-state index in [1.165, 1.54) is 24.3 Å². The Hall–Kier alpha value is -1.74. The summed E-state index contributed by atoms with van der Waals surface area (Å²) in [6, 6.07) is 12.3. The van der Waals surface area contributed by atoms with Gasteiger partial charge in [-0.15, -0.1) is 0 Å². The van der Waals surface area contributed by atoms with Gasteiger partial charge in [0.15, 0.2) is 0 Å². The fourth-order valence-corrected chi connectivity index (χ4v) is 3.70. The van der Waals surface area contributed by atoms with Crippen LogP contribution in [0.4, 0.5) is 0 Å². The first-order valence-electron chi connectivity index (χ1n) is 8.09. The molecule has 0 radical (unpaired) electrons. The fraction of sp³-hybridized carbons (Fsp3) is 0.333. The smallest absolute Gasteiger partial charge is 0.282 e. The van der Waals surface area contributed by atoms with Crippen LogP contribution >= 0.6 is 0 Å². The van der Waals surface area contributed by atoms with E-state index in [1.807, 2.05) is 0 Å². The maximum absolute atomic E-state index is 11.1. The summed E-state index contributed by atoms with van der Waals surface area (Å²) in [4.78, 5) is -0.248. The van der Waals surface area contributed by atoms with Gasteiger partial charge in [-0.05, 0) is 60.1 Å². The second-order valence-electron chi connectivity index (χ2n) is 6.60. The summed E-state index contributed by atoms with van der Waals surface area (Å²) in [6.45, 7) is 4.18. The zero-order valence-corrected chi connectivity index (χ0v) is 16.2. The molecule has 8 heteroatoms. The molecular weight excluding hydrogens is 376 g/mol. The van der Waals surface area contributed by atoms with Crippen molar-refractivity contribution in [2.75, 3.05) is 0 Å². The summed E-state index contributed by atoms with van der Waals surface area (Å²) in [5, 5.41) is 0. The second-order valence-corrected chi connectivity index (χ2v) is 9.44. The molecule has 0 spiro atoms. The minimum atomic E-state index is -4.18. The summed E-state index contributed by atoms with van der Waals surface area (Å²) in [5.41, 5.74) is 1.94. The van der Waals surface area contributed by atoms with Gasteiger partial charge in [0.2, 0.25) is 0 Å². The van der Waals surface area contributed by atoms with Gasteiger partial charge in [-0.3, -0.25) is 9.11 Å². The van der Waals surface area contributed by atoms with Crippen LogP contribution < -0.4 is 0 Å². The van der Waals surface area contributed by atoms with E-state index in [1.54, 1.807) is 24.3 Å². The molecule has 0 amide bonds. The number of benzene rings is 2. The zero-order chi connectivity index (χ0) is 19.5. The highest BCUT2D eigenvalue weighted by molar-refractivity contribution is 7.86. The van der Waals surface area contributed by atoms with Gasteiger partial charge in [-0.1, -0.05) is 38.1 Å². The largest absolute Gasteiger partial charge is 0.294 e. The predicted octanol–water partition coefficient (Wildman–Crippen LogP) is 3.24. The fourth-order valence-electron chi connectivity index (χ4n) is 2.74. The Balaban J connectivity index is 2.00. The van der Waals surface area contributed by atoms with E-state index in [0.717, 1.165) is 24.0 Å². The maximum atomic E-state index is 11.1. The van der Waals surface area contributed by atoms with Crippen LogP contribution in [0, 0.1) is 11.8 Å². The van der Waals surface area contributed by atoms with Crippen molar-refractivity contribution in [3.63, 3.8) is 0 Å². The Morgan fingerprint density at radius 1 is 0.654 bits per heavy atom. The molecular formula is C18H22O6S2. The zero-order valence-electron chi connectivity index (χ0n) is 14.5. The minimum Gasteiger partial charge on any atom is -0.282 e. The molecule has 0 aromatic heterocycles. The molecule has 0 bridgehead atoms. The highest BCUT2D eigenvalue weighted by atomic mass is 32.2. The van der Waals surface area contributed by atoms with E-state index < -0.39 is 20.2 Å². The van der Waals surface area contributed by atoms with Gasteiger partial charge < -0.3 is 0 Å². The average molecular weight is 399 g/mol. The molecule has 0 aliphatic heterocycles. The molecule has 0 aliphatic carbocycles. The van der Waals surface area contributed by atoms with Gasteiger partial charge in [0.25, 0.3) is 20.2 Å². The van der Waals surface area contributed by atoms with E-state index in [-0.39, 0.29) is 9.79 Å². The molecule has 2 aromatic carbocycles. The molecule has 2 atom stereocenters. The Labute approximate surface area is 154 Å². The Kier molecular flexibility index (Phi) is 6.23. The van der Waals surface area contributed by atoms with Crippen LogP contribution in [0.1, 0.15) is 25.0 Å². The standard InChI is InChI=1S/C18H22O6S2/c1-13(11-15-3-7-17(8-4-15)25(19,20)21)14(2)12-16-5-9-18(10-6-16)26(22,23)24/h3-10,13-14H,11-12H2,1-2H3,(H,19,20,21)(H,22,23,24). The highest BCUT2D eigenvalue weighted by Gasteiger charge is 2.16. The third-order valence-corrected chi connectivity index (χ3v) is 6.26. The lowest BCUT2D eigenvalue weighted by molar-refractivity contribution is 0.383. The molecule has 0 heterocycles. The third-order valence-electron chi connectivity index (χ3n) is 4.53. The minimum absolute atomic E-state index is 0.124. The van der Waals surface area contributed by atoms with Crippen LogP contribution in [0.3, 0.4) is 0 Å². The number of hydrogen-bond donors (Lipinski definition) is 2. The van der Waals surface area contributed by atoms with E-state index in [2.05, 4.69) is 13.8 Å². The molecule has 2 unspecified atom stereocenters. The Bertz CT molecular complexity index is 864. The van der Waals surface area contributed by atoms with Crippen LogP contribution in [0.15, 0.2) is 58.3 Å². The predicted molar refractivity (Wildman–Crippen MR) is 98.2 cm³/mol. The molecule has 0 saturated heterocycles. The van der Waals surface area contributed by atoms with Crippen LogP contribution in [-0.2, 0) is 33.1 Å². The van der Waals surface area contributed by atoms with Crippen molar-refractivity contribution < 1.29 is 25.9 Å². The van der Waals surface area contributed by atoms with E-state index in [0.29, 0.717) is 11.8 Å². The van der Waals surface area contributed by atoms with Crippen molar-refractivity contribution in [2.24, 2.45) is 11.8 Å². The Morgan fingerprint density at radius 3 is 1.15 bits per heavy atom. The first kappa shape index (κ1) is 20.6. The van der Waals surface area contributed by atoms with Gasteiger partial charge in [0.1, 0.15) is 0 Å². The molecule has 142 valence electrons. The van der Waals surface area contributed by atoms with Crippen LogP contribution in [-0.4, -0.2) is 25.9 Å². The van der Waals surface area contributed by atoms with Crippen molar-refractivity contribution in [3.05, 3.63) is 59.7 Å². The summed E-state index contributed by atoms with van der Waals surface area (Å²) in [7, 11) is -8.36. The van der Waals surface area contributed by atoms with E-state index in [9.17, 15) is 16.8 Å². The summed E-state index contributed by atoms with van der Waals surface area (Å²) >= 11 is 0. The van der Waals surface area contributed by atoms with Gasteiger partial charge in [-0.25, -0.2) is 0 Å². The van der Waals surface area contributed by atoms with Gasteiger partial charge in [-0.2, -0.15) is 16.8 Å². The van der Waals surface area contributed by atoms with Crippen molar-refractivity contribution >= 4 is 20.2 Å². The van der Waals surface area contributed by atoms with Crippen LogP contribution in [0.25, 0.3) is 0 Å². The Morgan fingerprint density at radius 2 is 0.923 bits per heavy atom. The molecule has 2 N–H and O–H groups in total. The molecule has 2 rings (SSSR count). The summed E-state index contributed by atoms with van der Waals surface area (Å²) in [5.74, 6) is 0.598. The molecule has 0 aliphatic rings. The van der Waals surface area contributed by atoms with Crippen molar-refractivity contribution in [2.45, 2.75) is 36.5 Å². The molecule has 26 heavy (non-hydrogen) atoms. The molecule has 6 nitrogen and oxygen atoms in total.